The number of ether oxygens (including phenoxy) is 1. The number of carbonyl (C=O) groups excluding carboxylic acids is 3. The van der Waals surface area contributed by atoms with E-state index in [2.05, 4.69) is 5.32 Å². The molecular formula is C25H25FN4O4. The van der Waals surface area contributed by atoms with E-state index in [4.69, 9.17) is 4.74 Å². The molecule has 4 rings (SSSR count). The number of piperazine rings is 1. The molecule has 1 aliphatic rings. The van der Waals surface area contributed by atoms with E-state index in [-0.39, 0.29) is 24.3 Å². The van der Waals surface area contributed by atoms with Gasteiger partial charge >= 0.3 is 0 Å². The van der Waals surface area contributed by atoms with E-state index in [0.717, 1.165) is 0 Å². The second-order valence-corrected chi connectivity index (χ2v) is 7.89. The number of aromatic nitrogens is 1. The van der Waals surface area contributed by atoms with E-state index < -0.39 is 5.82 Å². The highest BCUT2D eigenvalue weighted by Gasteiger charge is 2.27. The van der Waals surface area contributed by atoms with Crippen LogP contribution in [0.5, 0.6) is 5.75 Å². The molecular weight excluding hydrogens is 439 g/mol. The van der Waals surface area contributed by atoms with E-state index >= 15 is 0 Å². The molecule has 1 aromatic heterocycles. The predicted octanol–water partition coefficient (Wildman–Crippen LogP) is 2.87. The van der Waals surface area contributed by atoms with Gasteiger partial charge in [-0.3, -0.25) is 14.4 Å². The molecule has 0 saturated carbocycles. The molecule has 0 aliphatic carbocycles. The Kier molecular flexibility index (Phi) is 6.91. The van der Waals surface area contributed by atoms with E-state index in [9.17, 15) is 18.8 Å². The van der Waals surface area contributed by atoms with Crippen molar-refractivity contribution in [2.75, 3.05) is 38.6 Å². The van der Waals surface area contributed by atoms with E-state index in [0.29, 0.717) is 48.9 Å². The third kappa shape index (κ3) is 5.25. The summed E-state index contributed by atoms with van der Waals surface area (Å²) >= 11 is 0. The monoisotopic (exact) mass is 464 g/mol. The lowest BCUT2D eigenvalue weighted by atomic mass is 10.1. The minimum atomic E-state index is -0.396. The molecule has 0 bridgehead atoms. The fourth-order valence-corrected chi connectivity index (χ4v) is 3.85. The van der Waals surface area contributed by atoms with E-state index in [1.807, 2.05) is 0 Å². The Hall–Kier alpha value is -4.14. The Morgan fingerprint density at radius 1 is 0.912 bits per heavy atom. The van der Waals surface area contributed by atoms with Gasteiger partial charge in [0.2, 0.25) is 5.91 Å². The van der Waals surface area contributed by atoms with Gasteiger partial charge in [-0.25, -0.2) is 4.39 Å². The van der Waals surface area contributed by atoms with Gasteiger partial charge in [0.05, 0.1) is 7.11 Å². The summed E-state index contributed by atoms with van der Waals surface area (Å²) in [4.78, 5) is 41.6. The van der Waals surface area contributed by atoms with Crippen LogP contribution in [0.3, 0.4) is 0 Å². The van der Waals surface area contributed by atoms with E-state index in [1.54, 1.807) is 64.1 Å². The Morgan fingerprint density at radius 2 is 1.59 bits per heavy atom. The van der Waals surface area contributed by atoms with Crippen LogP contribution in [0, 0.1) is 5.82 Å². The number of methoxy groups -OCH3 is 1. The summed E-state index contributed by atoms with van der Waals surface area (Å²) in [5.74, 6) is -0.426. The van der Waals surface area contributed by atoms with Gasteiger partial charge in [0, 0.05) is 49.7 Å². The molecule has 0 unspecified atom stereocenters. The van der Waals surface area contributed by atoms with Crippen LogP contribution in [-0.2, 0) is 11.3 Å². The molecule has 3 amide bonds. The quantitative estimate of drug-likeness (QED) is 0.608. The Labute approximate surface area is 196 Å². The average Bonchev–Trinajstić information content (AvgIpc) is 3.31. The fourth-order valence-electron chi connectivity index (χ4n) is 3.85. The summed E-state index contributed by atoms with van der Waals surface area (Å²) in [7, 11) is 1.55. The van der Waals surface area contributed by atoms with Crippen molar-refractivity contribution in [1.29, 1.82) is 0 Å². The fraction of sp³-hybridized carbons (Fsp3) is 0.240. The van der Waals surface area contributed by atoms with Crippen LogP contribution in [0.4, 0.5) is 10.1 Å². The lowest BCUT2D eigenvalue weighted by Crippen LogP contribution is -2.51. The van der Waals surface area contributed by atoms with Crippen molar-refractivity contribution in [1.82, 2.24) is 14.4 Å². The van der Waals surface area contributed by atoms with Gasteiger partial charge in [-0.2, -0.15) is 0 Å². The lowest BCUT2D eigenvalue weighted by Gasteiger charge is -2.35. The van der Waals surface area contributed by atoms with Gasteiger partial charge in [-0.15, -0.1) is 0 Å². The maximum absolute atomic E-state index is 13.1. The van der Waals surface area contributed by atoms with E-state index in [1.165, 1.54) is 24.3 Å². The van der Waals surface area contributed by atoms with Crippen LogP contribution in [0.25, 0.3) is 0 Å². The van der Waals surface area contributed by atoms with Crippen LogP contribution in [-0.4, -0.2) is 65.4 Å². The Balaban J connectivity index is 1.34. The van der Waals surface area contributed by atoms with Gasteiger partial charge in [-0.05, 0) is 48.5 Å². The number of nitrogens with zero attached hydrogens (tertiary/aromatic N) is 3. The van der Waals surface area contributed by atoms with Gasteiger partial charge in [0.25, 0.3) is 11.8 Å². The van der Waals surface area contributed by atoms with Gasteiger partial charge in [0.15, 0.2) is 0 Å². The summed E-state index contributed by atoms with van der Waals surface area (Å²) in [5, 5.41) is 2.81. The number of nitrogens with one attached hydrogen (secondary N) is 1. The first-order chi connectivity index (χ1) is 16.4. The summed E-state index contributed by atoms with van der Waals surface area (Å²) in [5.41, 5.74) is 1.42. The first-order valence-electron chi connectivity index (χ1n) is 10.9. The summed E-state index contributed by atoms with van der Waals surface area (Å²) in [6.45, 7) is 1.46. The third-order valence-corrected chi connectivity index (χ3v) is 5.66. The number of halogens is 1. The minimum Gasteiger partial charge on any atom is -0.497 e. The number of hydrogen-bond acceptors (Lipinski definition) is 4. The summed E-state index contributed by atoms with van der Waals surface area (Å²) < 4.78 is 19.9. The number of anilines is 1. The minimum absolute atomic E-state index is 0.0195. The zero-order valence-corrected chi connectivity index (χ0v) is 18.7. The molecule has 0 radical (unpaired) electrons. The van der Waals surface area contributed by atoms with Crippen molar-refractivity contribution >= 4 is 23.4 Å². The van der Waals surface area contributed by atoms with Gasteiger partial charge < -0.3 is 24.4 Å². The molecule has 176 valence electrons. The van der Waals surface area contributed by atoms with Crippen LogP contribution in [0.15, 0.2) is 66.9 Å². The Bertz CT molecular complexity index is 1180. The summed E-state index contributed by atoms with van der Waals surface area (Å²) in [6.07, 6.45) is 1.69. The van der Waals surface area contributed by atoms with Crippen LogP contribution in [0.2, 0.25) is 0 Å². The topological polar surface area (TPSA) is 83.9 Å². The maximum atomic E-state index is 13.1. The van der Waals surface area contributed by atoms with Crippen molar-refractivity contribution < 1.29 is 23.5 Å². The molecule has 9 heteroatoms. The molecule has 8 nitrogen and oxygen atoms in total. The van der Waals surface area contributed by atoms with Crippen molar-refractivity contribution in [3.8, 4) is 5.75 Å². The molecule has 1 N–H and O–H groups in total. The number of benzene rings is 2. The maximum Gasteiger partial charge on any atom is 0.270 e. The molecule has 34 heavy (non-hydrogen) atoms. The third-order valence-electron chi connectivity index (χ3n) is 5.66. The zero-order valence-electron chi connectivity index (χ0n) is 18.7. The molecule has 3 aromatic rings. The molecule has 2 aromatic carbocycles. The summed E-state index contributed by atoms with van der Waals surface area (Å²) in [6, 6.07) is 15.9. The van der Waals surface area contributed by atoms with Crippen LogP contribution >= 0.6 is 0 Å². The van der Waals surface area contributed by atoms with Crippen molar-refractivity contribution in [3.63, 3.8) is 0 Å². The zero-order chi connectivity index (χ0) is 24.1. The van der Waals surface area contributed by atoms with Crippen LogP contribution < -0.4 is 10.1 Å². The number of hydrogen-bond donors (Lipinski definition) is 1. The normalized spacial score (nSPS) is 13.5. The number of carbonyl (C=O) groups is 3. The SMILES string of the molecule is COc1cccc(NC(=O)Cn2cccc2C(=O)N2CCN(C(=O)c3ccc(F)cc3)CC2)c1. The second-order valence-electron chi connectivity index (χ2n) is 7.89. The molecule has 2 heterocycles. The van der Waals surface area contributed by atoms with Gasteiger partial charge in [-0.1, -0.05) is 6.07 Å². The second kappa shape index (κ2) is 10.2. The van der Waals surface area contributed by atoms with Crippen molar-refractivity contribution in [3.05, 3.63) is 83.9 Å². The molecule has 0 atom stereocenters. The molecule has 1 aliphatic heterocycles. The predicted molar refractivity (Wildman–Crippen MR) is 124 cm³/mol. The average molecular weight is 464 g/mol. The smallest absolute Gasteiger partial charge is 0.270 e. The lowest BCUT2D eigenvalue weighted by molar-refractivity contribution is -0.116. The number of rotatable bonds is 6. The standard InChI is InChI=1S/C25H25FN4O4/c1-34-21-5-2-4-20(16-21)27-23(31)17-30-11-3-6-22(30)25(33)29-14-12-28(13-15-29)24(32)18-7-9-19(26)10-8-18/h2-11,16H,12-15,17H2,1H3,(H,27,31). The Morgan fingerprint density at radius 3 is 2.26 bits per heavy atom. The molecule has 1 fully saturated rings. The highest BCUT2D eigenvalue weighted by atomic mass is 19.1. The highest BCUT2D eigenvalue weighted by Crippen LogP contribution is 2.17. The molecule has 1 saturated heterocycles. The van der Waals surface area contributed by atoms with Crippen LogP contribution in [0.1, 0.15) is 20.8 Å². The first kappa shape index (κ1) is 23.0. The molecule has 0 spiro atoms. The van der Waals surface area contributed by atoms with Crippen molar-refractivity contribution in [2.24, 2.45) is 0 Å². The highest BCUT2D eigenvalue weighted by molar-refractivity contribution is 5.96. The van der Waals surface area contributed by atoms with Crippen molar-refractivity contribution in [2.45, 2.75) is 6.54 Å². The largest absolute Gasteiger partial charge is 0.497 e. The number of amides is 3. The first-order valence-corrected chi connectivity index (χ1v) is 10.9. The van der Waals surface area contributed by atoms with Gasteiger partial charge in [0.1, 0.15) is 23.8 Å².